The summed E-state index contributed by atoms with van der Waals surface area (Å²) in [7, 11) is 3.08. The van der Waals surface area contributed by atoms with Crippen LogP contribution in [0.3, 0.4) is 0 Å². The van der Waals surface area contributed by atoms with Crippen molar-refractivity contribution in [2.75, 3.05) is 20.7 Å². The average Bonchev–Trinajstić information content (AvgIpc) is 2.22. The van der Waals surface area contributed by atoms with E-state index in [1.165, 1.54) is 19.2 Å². The maximum absolute atomic E-state index is 13.6. The van der Waals surface area contributed by atoms with Gasteiger partial charge in [-0.3, -0.25) is 0 Å². The Morgan fingerprint density at radius 3 is 2.80 bits per heavy atom. The number of likely N-dealkylation sites (N-methyl/N-ethyl adjacent to an activating group) is 1. The number of aliphatic hydroxyl groups excluding tert-OH is 1. The number of hydrogen-bond donors (Lipinski definition) is 2. The SMILES string of the molecule is CNCC(O)c1ccc(OC)c(Cl)c1F. The quantitative estimate of drug-likeness (QED) is 0.833. The molecule has 1 unspecified atom stereocenters. The lowest BCUT2D eigenvalue weighted by molar-refractivity contribution is 0.173. The molecule has 3 nitrogen and oxygen atoms in total. The molecule has 15 heavy (non-hydrogen) atoms. The van der Waals surface area contributed by atoms with E-state index in [0.29, 0.717) is 0 Å². The molecule has 0 aliphatic rings. The molecule has 0 aliphatic carbocycles. The molecule has 84 valence electrons. The van der Waals surface area contributed by atoms with Crippen molar-refractivity contribution in [2.24, 2.45) is 0 Å². The van der Waals surface area contributed by atoms with Gasteiger partial charge in [-0.25, -0.2) is 4.39 Å². The number of rotatable bonds is 4. The van der Waals surface area contributed by atoms with Crippen LogP contribution in [0.25, 0.3) is 0 Å². The van der Waals surface area contributed by atoms with E-state index in [9.17, 15) is 9.50 Å². The van der Waals surface area contributed by atoms with Crippen molar-refractivity contribution in [3.05, 3.63) is 28.5 Å². The van der Waals surface area contributed by atoms with Crippen LogP contribution in [-0.2, 0) is 0 Å². The van der Waals surface area contributed by atoms with Gasteiger partial charge in [0, 0.05) is 12.1 Å². The van der Waals surface area contributed by atoms with Crippen molar-refractivity contribution in [3.8, 4) is 5.75 Å². The molecule has 0 amide bonds. The lowest BCUT2D eigenvalue weighted by atomic mass is 10.1. The van der Waals surface area contributed by atoms with Crippen LogP contribution in [0.2, 0.25) is 5.02 Å². The molecular weight excluding hydrogens is 221 g/mol. The Hall–Kier alpha value is -0.840. The second kappa shape index (κ2) is 5.30. The molecule has 0 bridgehead atoms. The topological polar surface area (TPSA) is 41.5 Å². The van der Waals surface area contributed by atoms with Crippen LogP contribution in [-0.4, -0.2) is 25.8 Å². The molecule has 0 aliphatic heterocycles. The zero-order valence-corrected chi connectivity index (χ0v) is 9.31. The molecule has 1 rings (SSSR count). The lowest BCUT2D eigenvalue weighted by Gasteiger charge is -2.13. The van der Waals surface area contributed by atoms with E-state index in [0.717, 1.165) is 0 Å². The predicted molar refractivity (Wildman–Crippen MR) is 56.8 cm³/mol. The maximum Gasteiger partial charge on any atom is 0.151 e. The molecule has 0 aromatic heterocycles. The molecule has 1 aromatic rings. The summed E-state index contributed by atoms with van der Waals surface area (Å²) in [5, 5.41) is 12.2. The number of nitrogens with one attached hydrogen (secondary N) is 1. The summed E-state index contributed by atoms with van der Waals surface area (Å²) < 4.78 is 18.5. The molecule has 0 fully saturated rings. The average molecular weight is 234 g/mol. The number of benzene rings is 1. The van der Waals surface area contributed by atoms with E-state index < -0.39 is 11.9 Å². The van der Waals surface area contributed by atoms with Crippen LogP contribution in [0, 0.1) is 5.82 Å². The third-order valence-corrected chi connectivity index (χ3v) is 2.41. The monoisotopic (exact) mass is 233 g/mol. The zero-order chi connectivity index (χ0) is 11.4. The highest BCUT2D eigenvalue weighted by atomic mass is 35.5. The molecule has 0 saturated heterocycles. The fraction of sp³-hybridized carbons (Fsp3) is 0.400. The summed E-state index contributed by atoms with van der Waals surface area (Å²) in [4.78, 5) is 0. The van der Waals surface area contributed by atoms with E-state index in [2.05, 4.69) is 5.32 Å². The van der Waals surface area contributed by atoms with Crippen molar-refractivity contribution in [1.29, 1.82) is 0 Å². The van der Waals surface area contributed by atoms with Gasteiger partial charge in [0.1, 0.15) is 10.8 Å². The number of aliphatic hydroxyl groups is 1. The van der Waals surface area contributed by atoms with Gasteiger partial charge in [0.05, 0.1) is 13.2 Å². The van der Waals surface area contributed by atoms with Crippen molar-refractivity contribution in [2.45, 2.75) is 6.10 Å². The minimum Gasteiger partial charge on any atom is -0.495 e. The third-order valence-electron chi connectivity index (χ3n) is 2.05. The van der Waals surface area contributed by atoms with Gasteiger partial charge < -0.3 is 15.2 Å². The first-order valence-corrected chi connectivity index (χ1v) is 4.84. The second-order valence-corrected chi connectivity index (χ2v) is 3.44. The number of halogens is 2. The van der Waals surface area contributed by atoms with Crippen LogP contribution in [0.4, 0.5) is 4.39 Å². The van der Waals surface area contributed by atoms with E-state index >= 15 is 0 Å². The van der Waals surface area contributed by atoms with Crippen molar-refractivity contribution >= 4 is 11.6 Å². The Morgan fingerprint density at radius 2 is 2.27 bits per heavy atom. The first-order valence-electron chi connectivity index (χ1n) is 4.46. The summed E-state index contributed by atoms with van der Waals surface area (Å²) in [6, 6.07) is 2.99. The van der Waals surface area contributed by atoms with Crippen molar-refractivity contribution in [3.63, 3.8) is 0 Å². The number of hydrogen-bond acceptors (Lipinski definition) is 3. The molecule has 0 spiro atoms. The summed E-state index contributed by atoms with van der Waals surface area (Å²) in [5.74, 6) is -0.381. The molecule has 2 N–H and O–H groups in total. The van der Waals surface area contributed by atoms with Gasteiger partial charge in [0.2, 0.25) is 0 Å². The molecule has 0 heterocycles. The molecule has 1 atom stereocenters. The molecule has 0 saturated carbocycles. The molecule has 1 aromatic carbocycles. The standard InChI is InChI=1S/C10H13ClFNO2/c1-13-5-7(14)6-3-4-8(15-2)9(11)10(6)12/h3-4,7,13-14H,5H2,1-2H3. The van der Waals surface area contributed by atoms with Crippen LogP contribution in [0.15, 0.2) is 12.1 Å². The van der Waals surface area contributed by atoms with Gasteiger partial charge in [-0.2, -0.15) is 0 Å². The van der Waals surface area contributed by atoms with E-state index in [1.807, 2.05) is 0 Å². The van der Waals surface area contributed by atoms with Crippen LogP contribution >= 0.6 is 11.6 Å². The van der Waals surface area contributed by atoms with Gasteiger partial charge in [-0.1, -0.05) is 11.6 Å². The second-order valence-electron chi connectivity index (χ2n) is 3.06. The third kappa shape index (κ3) is 2.59. The predicted octanol–water partition coefficient (Wildman–Crippen LogP) is 1.74. The van der Waals surface area contributed by atoms with Gasteiger partial charge in [-0.15, -0.1) is 0 Å². The van der Waals surface area contributed by atoms with E-state index in [1.54, 1.807) is 7.05 Å². The van der Waals surface area contributed by atoms with Crippen LogP contribution in [0.5, 0.6) is 5.75 Å². The first-order chi connectivity index (χ1) is 7.11. The van der Waals surface area contributed by atoms with Gasteiger partial charge in [0.15, 0.2) is 5.82 Å². The normalized spacial score (nSPS) is 12.6. The highest BCUT2D eigenvalue weighted by Gasteiger charge is 2.17. The summed E-state index contributed by atoms with van der Waals surface area (Å²) >= 11 is 5.71. The zero-order valence-electron chi connectivity index (χ0n) is 8.55. The Bertz CT molecular complexity index is 346. The summed E-state index contributed by atoms with van der Waals surface area (Å²) in [6.07, 6.45) is -0.918. The van der Waals surface area contributed by atoms with Crippen LogP contribution in [0.1, 0.15) is 11.7 Å². The highest BCUT2D eigenvalue weighted by Crippen LogP contribution is 2.31. The summed E-state index contributed by atoms with van der Waals surface area (Å²) in [6.45, 7) is 0.263. The Morgan fingerprint density at radius 1 is 1.60 bits per heavy atom. The van der Waals surface area contributed by atoms with Gasteiger partial charge in [0.25, 0.3) is 0 Å². The Balaban J connectivity index is 3.06. The first kappa shape index (κ1) is 12.2. The van der Waals surface area contributed by atoms with E-state index in [4.69, 9.17) is 16.3 Å². The Kier molecular flexibility index (Phi) is 4.32. The summed E-state index contributed by atoms with van der Waals surface area (Å²) in [5.41, 5.74) is 0.162. The minimum absolute atomic E-state index is 0.106. The highest BCUT2D eigenvalue weighted by molar-refractivity contribution is 6.32. The maximum atomic E-state index is 13.6. The van der Waals surface area contributed by atoms with Crippen molar-refractivity contribution < 1.29 is 14.2 Å². The smallest absolute Gasteiger partial charge is 0.151 e. The fourth-order valence-corrected chi connectivity index (χ4v) is 1.51. The Labute approximate surface area is 92.8 Å². The molecular formula is C10H13ClFNO2. The van der Waals surface area contributed by atoms with Gasteiger partial charge >= 0.3 is 0 Å². The van der Waals surface area contributed by atoms with Gasteiger partial charge in [-0.05, 0) is 19.2 Å². The number of methoxy groups -OCH3 is 1. The minimum atomic E-state index is -0.918. The lowest BCUT2D eigenvalue weighted by Crippen LogP contribution is -2.17. The van der Waals surface area contributed by atoms with Crippen molar-refractivity contribution in [1.82, 2.24) is 5.32 Å². The fourth-order valence-electron chi connectivity index (χ4n) is 1.26. The molecule has 0 radical (unpaired) electrons. The van der Waals surface area contributed by atoms with Crippen LogP contribution < -0.4 is 10.1 Å². The largest absolute Gasteiger partial charge is 0.495 e. The number of ether oxygens (including phenoxy) is 1. The molecule has 5 heteroatoms. The van der Waals surface area contributed by atoms with E-state index in [-0.39, 0.29) is 22.9 Å².